The maximum atomic E-state index is 8.89. The van der Waals surface area contributed by atoms with Gasteiger partial charge in [-0.1, -0.05) is 30.3 Å². The van der Waals surface area contributed by atoms with Crippen LogP contribution in [0.1, 0.15) is 13.3 Å². The highest BCUT2D eigenvalue weighted by atomic mass is 35.5. The van der Waals surface area contributed by atoms with E-state index in [0.717, 1.165) is 21.0 Å². The van der Waals surface area contributed by atoms with Crippen molar-refractivity contribution in [3.05, 3.63) is 23.2 Å². The van der Waals surface area contributed by atoms with Gasteiger partial charge >= 0.3 is 0 Å². The van der Waals surface area contributed by atoms with E-state index in [-0.39, 0.29) is 5.25 Å². The Hall–Kier alpha value is -0.760. The number of benzene rings is 1. The van der Waals surface area contributed by atoms with Crippen molar-refractivity contribution in [2.45, 2.75) is 22.9 Å². The van der Waals surface area contributed by atoms with Gasteiger partial charge in [0, 0.05) is 5.02 Å². The van der Waals surface area contributed by atoms with Crippen molar-refractivity contribution in [3.8, 4) is 6.07 Å². The highest BCUT2D eigenvalue weighted by molar-refractivity contribution is 8.01. The molecule has 1 unspecified atom stereocenters. The van der Waals surface area contributed by atoms with Gasteiger partial charge in [-0.2, -0.15) is 5.26 Å². The van der Waals surface area contributed by atoms with Crippen LogP contribution in [0.2, 0.25) is 5.02 Å². The molecule has 0 saturated heterocycles. The fraction of sp³-hybridized carbons (Fsp3) is 0.273. The summed E-state index contributed by atoms with van der Waals surface area (Å²) in [6, 6.07) is 7.94. The van der Waals surface area contributed by atoms with Crippen LogP contribution in [0.25, 0.3) is 10.2 Å². The maximum Gasteiger partial charge on any atom is 0.152 e. The SMILES string of the molecule is CCC(C#N)Sc1nc2cc(Cl)ccc2s1. The fourth-order valence-corrected chi connectivity index (χ4v) is 3.52. The summed E-state index contributed by atoms with van der Waals surface area (Å²) in [5.74, 6) is 0. The van der Waals surface area contributed by atoms with Crippen molar-refractivity contribution in [3.63, 3.8) is 0 Å². The van der Waals surface area contributed by atoms with Crippen LogP contribution in [-0.2, 0) is 0 Å². The molecule has 0 bridgehead atoms. The minimum atomic E-state index is -0.0176. The van der Waals surface area contributed by atoms with Crippen molar-refractivity contribution < 1.29 is 0 Å². The Morgan fingerprint density at radius 1 is 1.62 bits per heavy atom. The molecule has 1 atom stereocenters. The Morgan fingerprint density at radius 3 is 3.12 bits per heavy atom. The summed E-state index contributed by atoms with van der Waals surface area (Å²) in [5, 5.41) is 9.57. The molecule has 0 aliphatic heterocycles. The predicted molar refractivity (Wildman–Crippen MR) is 70.2 cm³/mol. The number of fused-ring (bicyclic) bond motifs is 1. The smallest absolute Gasteiger partial charge is 0.152 e. The van der Waals surface area contributed by atoms with Crippen LogP contribution < -0.4 is 0 Å². The monoisotopic (exact) mass is 268 g/mol. The molecule has 1 aromatic heterocycles. The first-order valence-electron chi connectivity index (χ1n) is 4.85. The lowest BCUT2D eigenvalue weighted by Gasteiger charge is -1.99. The largest absolute Gasteiger partial charge is 0.230 e. The zero-order chi connectivity index (χ0) is 11.5. The van der Waals surface area contributed by atoms with E-state index in [2.05, 4.69) is 11.1 Å². The third-order valence-electron chi connectivity index (χ3n) is 2.09. The van der Waals surface area contributed by atoms with Gasteiger partial charge in [-0.25, -0.2) is 4.98 Å². The molecule has 1 aromatic carbocycles. The Kier molecular flexibility index (Phi) is 3.70. The summed E-state index contributed by atoms with van der Waals surface area (Å²) < 4.78 is 2.05. The summed E-state index contributed by atoms with van der Waals surface area (Å²) in [6.45, 7) is 2.01. The van der Waals surface area contributed by atoms with E-state index < -0.39 is 0 Å². The lowest BCUT2D eigenvalue weighted by atomic mass is 10.3. The van der Waals surface area contributed by atoms with Gasteiger partial charge in [-0.3, -0.25) is 0 Å². The molecule has 0 aliphatic carbocycles. The normalized spacial score (nSPS) is 12.6. The van der Waals surface area contributed by atoms with Gasteiger partial charge in [-0.05, 0) is 24.6 Å². The number of halogens is 1. The van der Waals surface area contributed by atoms with Crippen LogP contribution in [0, 0.1) is 11.3 Å². The molecule has 0 fully saturated rings. The number of hydrogen-bond donors (Lipinski definition) is 0. The Bertz CT molecular complexity index is 544. The second-order valence-corrected chi connectivity index (χ2v) is 6.15. The standard InChI is InChI=1S/C11H9ClN2S2/c1-2-8(6-13)15-11-14-9-5-7(12)3-4-10(9)16-11/h3-5,8H,2H2,1H3. The molecule has 2 nitrogen and oxygen atoms in total. The average molecular weight is 269 g/mol. The summed E-state index contributed by atoms with van der Waals surface area (Å²) >= 11 is 9.02. The zero-order valence-corrected chi connectivity index (χ0v) is 11.0. The third kappa shape index (κ3) is 2.49. The fourth-order valence-electron chi connectivity index (χ4n) is 1.25. The van der Waals surface area contributed by atoms with Gasteiger partial charge in [0.05, 0.1) is 21.5 Å². The highest BCUT2D eigenvalue weighted by Crippen LogP contribution is 2.33. The molecule has 0 spiro atoms. The van der Waals surface area contributed by atoms with Crippen LogP contribution in [0.4, 0.5) is 0 Å². The second kappa shape index (κ2) is 5.05. The summed E-state index contributed by atoms with van der Waals surface area (Å²) in [7, 11) is 0. The van der Waals surface area contributed by atoms with Crippen molar-refractivity contribution in [1.82, 2.24) is 4.98 Å². The Balaban J connectivity index is 2.30. The molecule has 82 valence electrons. The van der Waals surface area contributed by atoms with E-state index in [1.165, 1.54) is 11.8 Å². The minimum absolute atomic E-state index is 0.0176. The summed E-state index contributed by atoms with van der Waals surface area (Å²) in [5.41, 5.74) is 0.910. The third-order valence-corrected chi connectivity index (χ3v) is 4.71. The number of aromatic nitrogens is 1. The van der Waals surface area contributed by atoms with E-state index in [1.807, 2.05) is 25.1 Å². The van der Waals surface area contributed by atoms with E-state index in [0.29, 0.717) is 5.02 Å². The molecule has 1 heterocycles. The minimum Gasteiger partial charge on any atom is -0.230 e. The van der Waals surface area contributed by atoms with Crippen LogP contribution >= 0.6 is 34.7 Å². The van der Waals surface area contributed by atoms with Crippen molar-refractivity contribution in [2.24, 2.45) is 0 Å². The number of thioether (sulfide) groups is 1. The van der Waals surface area contributed by atoms with Gasteiger partial charge in [0.1, 0.15) is 0 Å². The first-order valence-corrected chi connectivity index (χ1v) is 6.92. The van der Waals surface area contributed by atoms with Crippen LogP contribution in [0.3, 0.4) is 0 Å². The van der Waals surface area contributed by atoms with E-state index in [1.54, 1.807) is 11.3 Å². The highest BCUT2D eigenvalue weighted by Gasteiger charge is 2.11. The number of nitriles is 1. The Labute approximate surface area is 107 Å². The van der Waals surface area contributed by atoms with Gasteiger partial charge in [0.15, 0.2) is 4.34 Å². The number of hydrogen-bond acceptors (Lipinski definition) is 4. The second-order valence-electron chi connectivity index (χ2n) is 3.24. The quantitative estimate of drug-likeness (QED) is 0.777. The molecule has 16 heavy (non-hydrogen) atoms. The summed E-state index contributed by atoms with van der Waals surface area (Å²) in [6.07, 6.45) is 0.831. The van der Waals surface area contributed by atoms with Crippen LogP contribution in [-0.4, -0.2) is 10.2 Å². The molecular weight excluding hydrogens is 260 g/mol. The lowest BCUT2D eigenvalue weighted by molar-refractivity contribution is 0.983. The Morgan fingerprint density at radius 2 is 2.44 bits per heavy atom. The van der Waals surface area contributed by atoms with Gasteiger partial charge < -0.3 is 0 Å². The van der Waals surface area contributed by atoms with Gasteiger partial charge in [0.25, 0.3) is 0 Å². The molecule has 0 amide bonds. The van der Waals surface area contributed by atoms with Crippen molar-refractivity contribution >= 4 is 44.9 Å². The summed E-state index contributed by atoms with van der Waals surface area (Å²) in [4.78, 5) is 4.46. The van der Waals surface area contributed by atoms with E-state index in [9.17, 15) is 0 Å². The number of thiazole rings is 1. The molecule has 0 saturated carbocycles. The van der Waals surface area contributed by atoms with Gasteiger partial charge in [0.2, 0.25) is 0 Å². The first kappa shape index (κ1) is 11.7. The average Bonchev–Trinajstić information content (AvgIpc) is 2.67. The van der Waals surface area contributed by atoms with Crippen LogP contribution in [0.5, 0.6) is 0 Å². The molecule has 0 radical (unpaired) electrons. The van der Waals surface area contributed by atoms with Crippen LogP contribution in [0.15, 0.2) is 22.5 Å². The molecule has 2 rings (SSSR count). The number of rotatable bonds is 3. The van der Waals surface area contributed by atoms with E-state index in [4.69, 9.17) is 16.9 Å². The van der Waals surface area contributed by atoms with E-state index >= 15 is 0 Å². The topological polar surface area (TPSA) is 36.7 Å². The first-order chi connectivity index (χ1) is 7.72. The predicted octanol–water partition coefficient (Wildman–Crippen LogP) is 4.34. The number of nitrogens with zero attached hydrogens (tertiary/aromatic N) is 2. The molecule has 5 heteroatoms. The van der Waals surface area contributed by atoms with Crippen molar-refractivity contribution in [1.29, 1.82) is 5.26 Å². The van der Waals surface area contributed by atoms with Crippen molar-refractivity contribution in [2.75, 3.05) is 0 Å². The van der Waals surface area contributed by atoms with Gasteiger partial charge in [-0.15, -0.1) is 11.3 Å². The lowest BCUT2D eigenvalue weighted by Crippen LogP contribution is -1.94. The molecule has 2 aromatic rings. The molecule has 0 aliphatic rings. The zero-order valence-electron chi connectivity index (χ0n) is 8.61. The molecule has 0 N–H and O–H groups in total. The molecular formula is C11H9ClN2S2. The maximum absolute atomic E-state index is 8.89.